The van der Waals surface area contributed by atoms with Crippen molar-refractivity contribution in [2.45, 2.75) is 19.4 Å². The van der Waals surface area contributed by atoms with Gasteiger partial charge in [0.1, 0.15) is 18.1 Å². The number of halogens is 1. The van der Waals surface area contributed by atoms with Crippen LogP contribution in [-0.4, -0.2) is 23.2 Å². The fraction of sp³-hybridized carbons (Fsp3) is 0.250. The molecule has 0 spiro atoms. The van der Waals surface area contributed by atoms with Crippen molar-refractivity contribution in [3.8, 4) is 11.5 Å². The van der Waals surface area contributed by atoms with Crippen molar-refractivity contribution >= 4 is 23.6 Å². The van der Waals surface area contributed by atoms with Gasteiger partial charge in [-0.25, -0.2) is 9.78 Å². The first-order valence-electron chi connectivity index (χ1n) is 6.76. The van der Waals surface area contributed by atoms with Crippen LogP contribution in [0.5, 0.6) is 11.5 Å². The molecule has 0 saturated carbocycles. The molecule has 0 saturated heterocycles. The van der Waals surface area contributed by atoms with E-state index in [1.54, 1.807) is 26.2 Å². The van der Waals surface area contributed by atoms with Gasteiger partial charge in [-0.3, -0.25) is 0 Å². The summed E-state index contributed by atoms with van der Waals surface area (Å²) < 4.78 is 16.3. The Labute approximate surface area is 138 Å². The third kappa shape index (κ3) is 4.50. The number of carboxylic acid groups (broad SMARTS) is 1. The predicted molar refractivity (Wildman–Crippen MR) is 84.8 cm³/mol. The minimum Gasteiger partial charge on any atom is -0.493 e. The van der Waals surface area contributed by atoms with E-state index in [1.165, 1.54) is 6.08 Å². The molecule has 0 bridgehead atoms. The summed E-state index contributed by atoms with van der Waals surface area (Å²) in [5.74, 6) is 1.24. The first kappa shape index (κ1) is 16.9. The molecule has 0 aliphatic heterocycles. The smallest absolute Gasteiger partial charge is 0.328 e. The molecule has 0 atom stereocenters. The van der Waals surface area contributed by atoms with Crippen LogP contribution in [-0.2, 0) is 17.3 Å². The Morgan fingerprint density at radius 3 is 2.87 bits per heavy atom. The molecule has 7 heteroatoms. The average Bonchev–Trinajstić information content (AvgIpc) is 2.90. The van der Waals surface area contributed by atoms with Gasteiger partial charge >= 0.3 is 5.97 Å². The molecule has 1 N–H and O–H groups in total. The maximum Gasteiger partial charge on any atom is 0.328 e. The van der Waals surface area contributed by atoms with Gasteiger partial charge in [0.05, 0.1) is 7.11 Å². The highest BCUT2D eigenvalue weighted by Gasteiger charge is 2.11. The normalized spacial score (nSPS) is 10.9. The monoisotopic (exact) mass is 337 g/mol. The van der Waals surface area contributed by atoms with E-state index in [-0.39, 0.29) is 12.5 Å². The molecular formula is C16H16ClNO5. The van der Waals surface area contributed by atoms with Gasteiger partial charge in [-0.2, -0.15) is 0 Å². The molecule has 6 nitrogen and oxygen atoms in total. The van der Waals surface area contributed by atoms with Gasteiger partial charge in [0.15, 0.2) is 11.5 Å². The average molecular weight is 338 g/mol. The summed E-state index contributed by atoms with van der Waals surface area (Å²) in [5, 5.41) is 8.60. The van der Waals surface area contributed by atoms with Gasteiger partial charge in [0.25, 0.3) is 0 Å². The van der Waals surface area contributed by atoms with Crippen LogP contribution in [0.3, 0.4) is 0 Å². The van der Waals surface area contributed by atoms with E-state index in [0.29, 0.717) is 28.8 Å². The lowest BCUT2D eigenvalue weighted by atomic mass is 10.2. The van der Waals surface area contributed by atoms with Crippen molar-refractivity contribution in [1.82, 2.24) is 4.98 Å². The zero-order valence-electron chi connectivity index (χ0n) is 12.7. The topological polar surface area (TPSA) is 81.8 Å². The van der Waals surface area contributed by atoms with Gasteiger partial charge in [0.2, 0.25) is 5.89 Å². The van der Waals surface area contributed by atoms with Crippen LogP contribution in [0, 0.1) is 6.92 Å². The zero-order chi connectivity index (χ0) is 16.8. The standard InChI is InChI=1S/C16H16ClNO5/c1-10-12(18-15(23-10)5-6-16(19)20)9-22-13-4-3-11(8-17)7-14(13)21-2/h3-7H,8-9H2,1-2H3,(H,19,20)/b6-5+. The highest BCUT2D eigenvalue weighted by molar-refractivity contribution is 6.17. The Balaban J connectivity index is 2.10. The lowest BCUT2D eigenvalue weighted by Crippen LogP contribution is -2.00. The number of methoxy groups -OCH3 is 1. The van der Waals surface area contributed by atoms with Crippen molar-refractivity contribution in [2.24, 2.45) is 0 Å². The number of carboxylic acids is 1. The van der Waals surface area contributed by atoms with Gasteiger partial charge < -0.3 is 19.0 Å². The van der Waals surface area contributed by atoms with Crippen LogP contribution in [0.2, 0.25) is 0 Å². The summed E-state index contributed by atoms with van der Waals surface area (Å²) in [4.78, 5) is 14.7. The molecule has 0 radical (unpaired) electrons. The summed E-state index contributed by atoms with van der Waals surface area (Å²) in [6.45, 7) is 1.91. The number of hydrogen-bond acceptors (Lipinski definition) is 5. The Bertz CT molecular complexity index is 723. The SMILES string of the molecule is COc1cc(CCl)ccc1OCc1nc(/C=C/C(=O)O)oc1C. The Hall–Kier alpha value is -2.47. The summed E-state index contributed by atoms with van der Waals surface area (Å²) in [7, 11) is 1.55. The van der Waals surface area contributed by atoms with Crippen LogP contribution in [0.4, 0.5) is 0 Å². The minimum atomic E-state index is -1.07. The molecule has 1 aromatic carbocycles. The molecule has 0 amide bonds. The second-order valence-corrected chi connectivity index (χ2v) is 4.90. The van der Waals surface area contributed by atoms with Gasteiger partial charge in [-0.15, -0.1) is 11.6 Å². The number of aryl methyl sites for hydroxylation is 1. The molecular weight excluding hydrogens is 322 g/mol. The Morgan fingerprint density at radius 2 is 2.22 bits per heavy atom. The van der Waals surface area contributed by atoms with Crippen molar-refractivity contribution in [3.63, 3.8) is 0 Å². The van der Waals surface area contributed by atoms with Gasteiger partial charge in [-0.1, -0.05) is 6.07 Å². The Kier molecular flexibility index (Phi) is 5.65. The number of benzene rings is 1. The number of alkyl halides is 1. The largest absolute Gasteiger partial charge is 0.493 e. The second-order valence-electron chi connectivity index (χ2n) is 4.63. The third-order valence-corrected chi connectivity index (χ3v) is 3.33. The van der Waals surface area contributed by atoms with Crippen LogP contribution in [0.1, 0.15) is 22.9 Å². The fourth-order valence-electron chi connectivity index (χ4n) is 1.86. The van der Waals surface area contributed by atoms with E-state index in [2.05, 4.69) is 4.98 Å². The number of aliphatic carboxylic acids is 1. The molecule has 0 aliphatic rings. The molecule has 1 heterocycles. The van der Waals surface area contributed by atoms with Crippen LogP contribution in [0.25, 0.3) is 6.08 Å². The maximum atomic E-state index is 10.5. The number of rotatable bonds is 7. The number of ether oxygens (including phenoxy) is 2. The first-order chi connectivity index (χ1) is 11.0. The molecule has 2 rings (SSSR count). The van der Waals surface area contributed by atoms with Crippen LogP contribution in [0.15, 0.2) is 28.7 Å². The van der Waals surface area contributed by atoms with E-state index in [0.717, 1.165) is 11.6 Å². The van der Waals surface area contributed by atoms with E-state index < -0.39 is 5.97 Å². The first-order valence-corrected chi connectivity index (χ1v) is 7.30. The summed E-state index contributed by atoms with van der Waals surface area (Å²) in [5.41, 5.74) is 1.51. The van der Waals surface area contributed by atoms with E-state index in [1.807, 2.05) is 6.07 Å². The fourth-order valence-corrected chi connectivity index (χ4v) is 2.02. The van der Waals surface area contributed by atoms with E-state index in [9.17, 15) is 4.79 Å². The molecule has 1 aromatic heterocycles. The second kappa shape index (κ2) is 7.69. The van der Waals surface area contributed by atoms with Crippen molar-refractivity contribution in [3.05, 3.63) is 47.2 Å². The number of hydrogen-bond donors (Lipinski definition) is 1. The van der Waals surface area contributed by atoms with Crippen molar-refractivity contribution in [1.29, 1.82) is 0 Å². The number of aromatic nitrogens is 1. The predicted octanol–water partition coefficient (Wildman–Crippen LogP) is 3.41. The third-order valence-electron chi connectivity index (χ3n) is 3.02. The van der Waals surface area contributed by atoms with Crippen molar-refractivity contribution < 1.29 is 23.8 Å². The molecule has 0 aliphatic carbocycles. The lowest BCUT2D eigenvalue weighted by Gasteiger charge is -2.10. The van der Waals surface area contributed by atoms with Gasteiger partial charge in [-0.05, 0) is 24.6 Å². The summed E-state index contributed by atoms with van der Waals surface area (Å²) in [6.07, 6.45) is 2.25. The highest BCUT2D eigenvalue weighted by atomic mass is 35.5. The molecule has 23 heavy (non-hydrogen) atoms. The summed E-state index contributed by atoms with van der Waals surface area (Å²) in [6, 6.07) is 5.43. The molecule has 2 aromatic rings. The Morgan fingerprint density at radius 1 is 1.43 bits per heavy atom. The molecule has 0 unspecified atom stereocenters. The van der Waals surface area contributed by atoms with Crippen LogP contribution < -0.4 is 9.47 Å². The molecule has 0 fully saturated rings. The number of carbonyl (C=O) groups is 1. The lowest BCUT2D eigenvalue weighted by molar-refractivity contribution is -0.131. The number of oxazole rings is 1. The van der Waals surface area contributed by atoms with Crippen molar-refractivity contribution in [2.75, 3.05) is 7.11 Å². The zero-order valence-corrected chi connectivity index (χ0v) is 13.5. The quantitative estimate of drug-likeness (QED) is 0.616. The summed E-state index contributed by atoms with van der Waals surface area (Å²) >= 11 is 5.79. The maximum absolute atomic E-state index is 10.5. The number of nitrogens with zero attached hydrogens (tertiary/aromatic N) is 1. The highest BCUT2D eigenvalue weighted by Crippen LogP contribution is 2.29. The minimum absolute atomic E-state index is 0.173. The molecule has 122 valence electrons. The van der Waals surface area contributed by atoms with Gasteiger partial charge in [0, 0.05) is 18.0 Å². The van der Waals surface area contributed by atoms with E-state index >= 15 is 0 Å². The van der Waals surface area contributed by atoms with E-state index in [4.69, 9.17) is 30.6 Å². The van der Waals surface area contributed by atoms with Crippen LogP contribution >= 0.6 is 11.6 Å².